The lowest BCUT2D eigenvalue weighted by Crippen LogP contribution is -1.74. The first-order chi connectivity index (χ1) is 5.41. The molecule has 0 radical (unpaired) electrons. The van der Waals surface area contributed by atoms with Crippen molar-refractivity contribution in [2.75, 3.05) is 0 Å². The van der Waals surface area contributed by atoms with Crippen molar-refractivity contribution in [3.8, 4) is 0 Å². The SMILES string of the molecule is C=CCCCCCCC.CC. The second kappa shape index (κ2) is 16.4. The maximum atomic E-state index is 3.68. The molecule has 0 aromatic heterocycles. The van der Waals surface area contributed by atoms with Gasteiger partial charge in [0.1, 0.15) is 0 Å². The zero-order valence-electron chi connectivity index (χ0n) is 8.53. The van der Waals surface area contributed by atoms with E-state index in [0.717, 1.165) is 0 Å². The molecule has 0 saturated heterocycles. The summed E-state index contributed by atoms with van der Waals surface area (Å²) in [6, 6.07) is 0. The summed E-state index contributed by atoms with van der Waals surface area (Å²) in [5.74, 6) is 0. The van der Waals surface area contributed by atoms with Crippen LogP contribution < -0.4 is 0 Å². The van der Waals surface area contributed by atoms with Crippen LogP contribution >= 0.6 is 0 Å². The fraction of sp³-hybridized carbons (Fsp3) is 0.818. The van der Waals surface area contributed by atoms with Crippen molar-refractivity contribution in [3.05, 3.63) is 12.7 Å². The monoisotopic (exact) mass is 156 g/mol. The fourth-order valence-corrected chi connectivity index (χ4v) is 0.892. The van der Waals surface area contributed by atoms with Crippen molar-refractivity contribution >= 4 is 0 Å². The maximum absolute atomic E-state index is 3.68. The normalized spacial score (nSPS) is 8.27. The Hall–Kier alpha value is -0.260. The first-order valence-electron chi connectivity index (χ1n) is 5.02. The molecule has 0 aromatic rings. The van der Waals surface area contributed by atoms with Crippen LogP contribution in [0.4, 0.5) is 0 Å². The van der Waals surface area contributed by atoms with Crippen molar-refractivity contribution in [1.82, 2.24) is 0 Å². The fourth-order valence-electron chi connectivity index (χ4n) is 0.892. The van der Waals surface area contributed by atoms with Crippen LogP contribution in [0.5, 0.6) is 0 Å². The molecule has 0 aromatic carbocycles. The van der Waals surface area contributed by atoms with Crippen molar-refractivity contribution in [2.45, 2.75) is 59.3 Å². The number of hydrogen-bond donors (Lipinski definition) is 0. The van der Waals surface area contributed by atoms with Crippen LogP contribution in [0.1, 0.15) is 59.3 Å². The van der Waals surface area contributed by atoms with E-state index in [-0.39, 0.29) is 0 Å². The maximum Gasteiger partial charge on any atom is -0.0353 e. The van der Waals surface area contributed by atoms with Crippen molar-refractivity contribution < 1.29 is 0 Å². The molecule has 0 amide bonds. The number of rotatable bonds is 6. The van der Waals surface area contributed by atoms with Crippen LogP contribution in [0, 0.1) is 0 Å². The van der Waals surface area contributed by atoms with Crippen LogP contribution in [0.25, 0.3) is 0 Å². The minimum Gasteiger partial charge on any atom is -0.103 e. The molecule has 0 bridgehead atoms. The minimum atomic E-state index is 1.20. The largest absolute Gasteiger partial charge is 0.103 e. The van der Waals surface area contributed by atoms with Gasteiger partial charge in [0.25, 0.3) is 0 Å². The molecule has 0 aliphatic heterocycles. The van der Waals surface area contributed by atoms with Crippen molar-refractivity contribution in [1.29, 1.82) is 0 Å². The van der Waals surface area contributed by atoms with Crippen LogP contribution in [-0.2, 0) is 0 Å². The van der Waals surface area contributed by atoms with Gasteiger partial charge in [0.2, 0.25) is 0 Å². The van der Waals surface area contributed by atoms with Gasteiger partial charge >= 0.3 is 0 Å². The number of allylic oxidation sites excluding steroid dienone is 1. The van der Waals surface area contributed by atoms with Gasteiger partial charge in [-0.1, -0.05) is 52.5 Å². The Kier molecular flexibility index (Phi) is 19.9. The summed E-state index contributed by atoms with van der Waals surface area (Å²) in [7, 11) is 0. The molecule has 0 saturated carbocycles. The Bertz CT molecular complexity index is 55.1. The van der Waals surface area contributed by atoms with E-state index in [2.05, 4.69) is 13.5 Å². The predicted octanol–water partition coefficient (Wildman–Crippen LogP) is 4.56. The second-order valence-corrected chi connectivity index (χ2v) is 2.49. The molecule has 0 nitrogen and oxygen atoms in total. The first kappa shape index (κ1) is 13.3. The molecule has 0 rings (SSSR count). The van der Waals surface area contributed by atoms with Crippen molar-refractivity contribution in [2.24, 2.45) is 0 Å². The predicted molar refractivity (Wildman–Crippen MR) is 54.9 cm³/mol. The third-order valence-corrected chi connectivity index (χ3v) is 1.51. The number of hydrogen-bond acceptors (Lipinski definition) is 0. The highest BCUT2D eigenvalue weighted by atomic mass is 13.9. The lowest BCUT2D eigenvalue weighted by Gasteiger charge is -1.94. The Labute approximate surface area is 72.7 Å². The smallest absolute Gasteiger partial charge is 0.0353 e. The molecule has 68 valence electrons. The highest BCUT2D eigenvalue weighted by Gasteiger charge is 1.84. The van der Waals surface area contributed by atoms with Crippen molar-refractivity contribution in [3.63, 3.8) is 0 Å². The summed E-state index contributed by atoms with van der Waals surface area (Å²) >= 11 is 0. The van der Waals surface area contributed by atoms with Gasteiger partial charge in [0, 0.05) is 0 Å². The standard InChI is InChI=1S/C9H18.C2H6/c1-3-5-7-9-8-6-4-2;1-2/h3H,1,4-9H2,2H3;1-2H3. The molecular weight excluding hydrogens is 132 g/mol. The van der Waals surface area contributed by atoms with Crippen LogP contribution in [0.2, 0.25) is 0 Å². The van der Waals surface area contributed by atoms with E-state index in [1.54, 1.807) is 0 Å². The van der Waals surface area contributed by atoms with E-state index in [1.807, 2.05) is 19.9 Å². The van der Waals surface area contributed by atoms with Crippen LogP contribution in [0.3, 0.4) is 0 Å². The average Bonchev–Trinajstić information content (AvgIpc) is 2.08. The summed E-state index contributed by atoms with van der Waals surface area (Å²) in [6.45, 7) is 9.92. The van der Waals surface area contributed by atoms with Gasteiger partial charge in [-0.05, 0) is 12.8 Å². The molecule has 0 unspecified atom stereocenters. The van der Waals surface area contributed by atoms with Gasteiger partial charge in [-0.25, -0.2) is 0 Å². The van der Waals surface area contributed by atoms with E-state index in [0.29, 0.717) is 0 Å². The summed E-state index contributed by atoms with van der Waals surface area (Å²) in [6.07, 6.45) is 10.1. The van der Waals surface area contributed by atoms with Gasteiger partial charge < -0.3 is 0 Å². The van der Waals surface area contributed by atoms with Crippen LogP contribution in [0.15, 0.2) is 12.7 Å². The first-order valence-corrected chi connectivity index (χ1v) is 5.02. The Morgan fingerprint density at radius 3 is 2.00 bits per heavy atom. The zero-order chi connectivity index (χ0) is 8.95. The second-order valence-electron chi connectivity index (χ2n) is 2.49. The average molecular weight is 156 g/mol. The van der Waals surface area contributed by atoms with Gasteiger partial charge in [-0.3, -0.25) is 0 Å². The zero-order valence-corrected chi connectivity index (χ0v) is 8.53. The summed E-state index contributed by atoms with van der Waals surface area (Å²) < 4.78 is 0. The molecule has 11 heavy (non-hydrogen) atoms. The molecule has 0 fully saturated rings. The van der Waals surface area contributed by atoms with Crippen LogP contribution in [-0.4, -0.2) is 0 Å². The quantitative estimate of drug-likeness (QED) is 0.390. The molecule has 0 atom stereocenters. The molecule has 0 spiro atoms. The minimum absolute atomic E-state index is 1.20. The third kappa shape index (κ3) is 17.7. The third-order valence-electron chi connectivity index (χ3n) is 1.51. The highest BCUT2D eigenvalue weighted by molar-refractivity contribution is 4.65. The van der Waals surface area contributed by atoms with E-state index in [1.165, 1.54) is 38.5 Å². The van der Waals surface area contributed by atoms with E-state index in [9.17, 15) is 0 Å². The Morgan fingerprint density at radius 1 is 1.00 bits per heavy atom. The van der Waals surface area contributed by atoms with Gasteiger partial charge in [0.05, 0.1) is 0 Å². The Morgan fingerprint density at radius 2 is 1.55 bits per heavy atom. The summed E-state index contributed by atoms with van der Waals surface area (Å²) in [4.78, 5) is 0. The molecule has 0 N–H and O–H groups in total. The van der Waals surface area contributed by atoms with Gasteiger partial charge in [-0.15, -0.1) is 6.58 Å². The summed E-state index contributed by atoms with van der Waals surface area (Å²) in [5.41, 5.74) is 0. The van der Waals surface area contributed by atoms with E-state index in [4.69, 9.17) is 0 Å². The molecule has 0 aliphatic carbocycles. The van der Waals surface area contributed by atoms with E-state index < -0.39 is 0 Å². The number of unbranched alkanes of at least 4 members (excludes halogenated alkanes) is 5. The highest BCUT2D eigenvalue weighted by Crippen LogP contribution is 2.04. The van der Waals surface area contributed by atoms with Gasteiger partial charge in [0.15, 0.2) is 0 Å². The lowest BCUT2D eigenvalue weighted by molar-refractivity contribution is 0.638. The molecule has 0 heteroatoms. The van der Waals surface area contributed by atoms with Gasteiger partial charge in [-0.2, -0.15) is 0 Å². The van der Waals surface area contributed by atoms with E-state index >= 15 is 0 Å². The summed E-state index contributed by atoms with van der Waals surface area (Å²) in [5, 5.41) is 0. The topological polar surface area (TPSA) is 0 Å². The Balaban J connectivity index is 0. The molecular formula is C11H24. The molecule has 0 heterocycles. The molecule has 0 aliphatic rings. The lowest BCUT2D eigenvalue weighted by atomic mass is 10.1.